The number of carbonyl (C=O) groups excluding carboxylic acids is 4. The zero-order valence-electron chi connectivity index (χ0n) is 32.3. The third kappa shape index (κ3) is 20.9. The van der Waals surface area contributed by atoms with Gasteiger partial charge in [-0.3, -0.25) is 19.3 Å². The molecule has 0 atom stereocenters. The third-order valence-corrected chi connectivity index (χ3v) is 7.40. The molecule has 4 aromatic carbocycles. The molecule has 0 aliphatic carbocycles. The molecule has 0 saturated carbocycles. The van der Waals surface area contributed by atoms with Crippen molar-refractivity contribution >= 4 is 48.4 Å². The quantitative estimate of drug-likeness (QED) is 0.0739. The molecule has 0 saturated heterocycles. The van der Waals surface area contributed by atoms with Crippen LogP contribution in [0, 0.1) is 0 Å². The van der Waals surface area contributed by atoms with Crippen LogP contribution in [0.15, 0.2) is 109 Å². The van der Waals surface area contributed by atoms with Crippen molar-refractivity contribution in [3.8, 4) is 0 Å². The van der Waals surface area contributed by atoms with Gasteiger partial charge in [0.2, 0.25) is 12.3 Å². The molecular formula is C43H57N5O6. The Kier molecular flexibility index (Phi) is 25.5. The van der Waals surface area contributed by atoms with E-state index in [2.05, 4.69) is 46.9 Å². The summed E-state index contributed by atoms with van der Waals surface area (Å²) in [6, 6.07) is 33.9. The van der Waals surface area contributed by atoms with Crippen LogP contribution in [-0.2, 0) is 37.1 Å². The maximum absolute atomic E-state index is 12.5. The minimum absolute atomic E-state index is 0.0852. The molecule has 0 aliphatic rings. The van der Waals surface area contributed by atoms with Crippen molar-refractivity contribution in [1.82, 2.24) is 9.80 Å². The normalized spacial score (nSPS) is 9.91. The summed E-state index contributed by atoms with van der Waals surface area (Å²) in [6.07, 6.45) is 6.03. The van der Waals surface area contributed by atoms with Crippen LogP contribution in [0.1, 0.15) is 55.9 Å². The standard InChI is InChI=1S/C28H29N3O4.C8H8O2.C6H15N.CH5N/c1-2-18-31(28(34)35-20-24-6-4-3-5-7-24)19-27(33)30-26-16-12-23(13-17-26)9-8-22-10-14-25(15-11-22)29-21-32;9-7-10-6-8-4-2-1-3-5-8;1-4-6-7(3)5-2;1-2/h3-17,21H,2,18-20H2,1H3,(H,29,32)(H,30,33);1-5,7H,6H2;4-6H2,1-3H3;2H2,1H3/b9-8+;;;. The first kappa shape index (κ1) is 46.2. The fourth-order valence-corrected chi connectivity index (χ4v) is 4.56. The number of hydrogen-bond acceptors (Lipinski definition) is 8. The van der Waals surface area contributed by atoms with E-state index in [0.717, 1.165) is 27.9 Å². The molecular weight excluding hydrogens is 683 g/mol. The number of ether oxygens (including phenoxy) is 2. The first-order valence-corrected chi connectivity index (χ1v) is 18.0. The van der Waals surface area contributed by atoms with E-state index >= 15 is 0 Å². The molecule has 11 heteroatoms. The second kappa shape index (κ2) is 29.8. The number of amides is 3. The fourth-order valence-electron chi connectivity index (χ4n) is 4.56. The van der Waals surface area contributed by atoms with Crippen molar-refractivity contribution in [2.75, 3.05) is 50.9 Å². The smallest absolute Gasteiger partial charge is 0.410 e. The highest BCUT2D eigenvalue weighted by atomic mass is 16.6. The second-order valence-corrected chi connectivity index (χ2v) is 11.6. The highest BCUT2D eigenvalue weighted by molar-refractivity contribution is 5.94. The summed E-state index contributed by atoms with van der Waals surface area (Å²) >= 11 is 0. The molecule has 4 rings (SSSR count). The molecule has 0 unspecified atom stereocenters. The van der Waals surface area contributed by atoms with E-state index in [0.29, 0.717) is 38.1 Å². The molecule has 11 nitrogen and oxygen atoms in total. The molecule has 4 aromatic rings. The van der Waals surface area contributed by atoms with Gasteiger partial charge in [0.1, 0.15) is 19.8 Å². The molecule has 3 amide bonds. The van der Waals surface area contributed by atoms with Gasteiger partial charge in [0.05, 0.1) is 0 Å². The largest absolute Gasteiger partial charge is 0.463 e. The molecule has 4 N–H and O–H groups in total. The number of nitrogens with one attached hydrogen (secondary N) is 2. The average molecular weight is 740 g/mol. The molecule has 0 bridgehead atoms. The van der Waals surface area contributed by atoms with Crippen molar-refractivity contribution in [2.45, 2.75) is 46.8 Å². The number of rotatable bonds is 17. The van der Waals surface area contributed by atoms with Crippen molar-refractivity contribution in [1.29, 1.82) is 0 Å². The molecule has 54 heavy (non-hydrogen) atoms. The second-order valence-electron chi connectivity index (χ2n) is 11.6. The Morgan fingerprint density at radius 1 is 0.685 bits per heavy atom. The van der Waals surface area contributed by atoms with Gasteiger partial charge in [-0.05, 0) is 86.5 Å². The lowest BCUT2D eigenvalue weighted by Gasteiger charge is -2.21. The van der Waals surface area contributed by atoms with Crippen molar-refractivity contribution < 1.29 is 28.7 Å². The topological polar surface area (TPSA) is 143 Å². The maximum atomic E-state index is 12.5. The van der Waals surface area contributed by atoms with Gasteiger partial charge in [0.15, 0.2) is 0 Å². The van der Waals surface area contributed by atoms with Crippen LogP contribution < -0.4 is 16.4 Å². The van der Waals surface area contributed by atoms with Gasteiger partial charge in [-0.2, -0.15) is 0 Å². The lowest BCUT2D eigenvalue weighted by molar-refractivity contribution is -0.129. The van der Waals surface area contributed by atoms with Gasteiger partial charge in [0.25, 0.3) is 6.47 Å². The Hall–Kier alpha value is -5.78. The number of hydrogen-bond donors (Lipinski definition) is 3. The van der Waals surface area contributed by atoms with Gasteiger partial charge in [-0.15, -0.1) is 0 Å². The number of anilines is 2. The maximum Gasteiger partial charge on any atom is 0.410 e. The SMILES string of the molecule is CCCN(C)CC.CCCN(CC(=O)Nc1ccc(/C=C/c2ccc(NC=O)cc2)cc1)C(=O)OCc1ccccc1.CN.O=COCc1ccccc1. The van der Waals surface area contributed by atoms with Crippen molar-refractivity contribution in [2.24, 2.45) is 5.73 Å². The Labute approximate surface area is 321 Å². The summed E-state index contributed by atoms with van der Waals surface area (Å²) < 4.78 is 9.91. The van der Waals surface area contributed by atoms with Crippen LogP contribution in [0.5, 0.6) is 0 Å². The highest BCUT2D eigenvalue weighted by Crippen LogP contribution is 2.15. The predicted octanol–water partition coefficient (Wildman–Crippen LogP) is 7.70. The van der Waals surface area contributed by atoms with Gasteiger partial charge in [0, 0.05) is 17.9 Å². The minimum atomic E-state index is -0.513. The summed E-state index contributed by atoms with van der Waals surface area (Å²) in [7, 11) is 3.64. The molecule has 0 spiro atoms. The van der Waals surface area contributed by atoms with Crippen LogP contribution >= 0.6 is 0 Å². The zero-order chi connectivity index (χ0) is 39.8. The van der Waals surface area contributed by atoms with Crippen LogP contribution in [-0.4, -0.2) is 75.0 Å². The van der Waals surface area contributed by atoms with Crippen LogP contribution in [0.25, 0.3) is 12.2 Å². The van der Waals surface area contributed by atoms with E-state index in [1.165, 1.54) is 31.5 Å². The summed E-state index contributed by atoms with van der Waals surface area (Å²) in [5.74, 6) is -0.289. The zero-order valence-corrected chi connectivity index (χ0v) is 32.3. The van der Waals surface area contributed by atoms with Gasteiger partial charge in [-0.1, -0.05) is 118 Å². The molecule has 0 heterocycles. The van der Waals surface area contributed by atoms with Crippen LogP contribution in [0.4, 0.5) is 16.2 Å². The van der Waals surface area contributed by atoms with Gasteiger partial charge < -0.3 is 30.7 Å². The van der Waals surface area contributed by atoms with Gasteiger partial charge in [-0.25, -0.2) is 4.79 Å². The minimum Gasteiger partial charge on any atom is -0.463 e. The number of carbonyl (C=O) groups is 4. The van der Waals surface area contributed by atoms with Crippen molar-refractivity contribution in [3.63, 3.8) is 0 Å². The summed E-state index contributed by atoms with van der Waals surface area (Å²) in [5.41, 5.74) is 9.74. The highest BCUT2D eigenvalue weighted by Gasteiger charge is 2.18. The van der Waals surface area contributed by atoms with Crippen LogP contribution in [0.2, 0.25) is 0 Å². The van der Waals surface area contributed by atoms with Crippen molar-refractivity contribution in [3.05, 3.63) is 131 Å². The summed E-state index contributed by atoms with van der Waals surface area (Å²) in [4.78, 5) is 49.0. The van der Waals surface area contributed by atoms with E-state index in [1.54, 1.807) is 0 Å². The molecule has 0 fully saturated rings. The molecule has 0 aromatic heterocycles. The van der Waals surface area contributed by atoms with E-state index in [9.17, 15) is 19.2 Å². The fraction of sp³-hybridized carbons (Fsp3) is 0.302. The number of benzene rings is 4. The Morgan fingerprint density at radius 3 is 1.63 bits per heavy atom. The Balaban J connectivity index is 0.000000627. The van der Waals surface area contributed by atoms with E-state index in [-0.39, 0.29) is 19.1 Å². The van der Waals surface area contributed by atoms with Crippen LogP contribution in [0.3, 0.4) is 0 Å². The molecule has 290 valence electrons. The van der Waals surface area contributed by atoms with E-state index in [4.69, 9.17) is 4.74 Å². The summed E-state index contributed by atoms with van der Waals surface area (Å²) in [5, 5.41) is 5.43. The molecule has 0 aliphatic heterocycles. The Morgan fingerprint density at radius 2 is 1.19 bits per heavy atom. The monoisotopic (exact) mass is 739 g/mol. The Bertz CT molecular complexity index is 1600. The first-order chi connectivity index (χ1) is 26.3. The molecule has 0 radical (unpaired) electrons. The average Bonchev–Trinajstić information content (AvgIpc) is 3.21. The summed E-state index contributed by atoms with van der Waals surface area (Å²) in [6.45, 7) is 10.0. The first-order valence-electron chi connectivity index (χ1n) is 18.0. The van der Waals surface area contributed by atoms with Gasteiger partial charge >= 0.3 is 6.09 Å². The lowest BCUT2D eigenvalue weighted by Crippen LogP contribution is -2.38. The van der Waals surface area contributed by atoms with E-state index in [1.807, 2.05) is 128 Å². The third-order valence-electron chi connectivity index (χ3n) is 7.40. The lowest BCUT2D eigenvalue weighted by atomic mass is 10.1. The number of nitrogens with zero attached hydrogens (tertiary/aromatic N) is 2. The number of nitrogens with two attached hydrogens (primary N) is 1. The predicted molar refractivity (Wildman–Crippen MR) is 219 cm³/mol. The van der Waals surface area contributed by atoms with E-state index < -0.39 is 6.09 Å².